The molecule has 4 nitrogen and oxygen atoms in total. The second kappa shape index (κ2) is 2.79. The van der Waals surface area contributed by atoms with Crippen LogP contribution in [0.25, 0.3) is 0 Å². The van der Waals surface area contributed by atoms with Gasteiger partial charge >= 0.3 is 5.97 Å². The van der Waals surface area contributed by atoms with Crippen molar-refractivity contribution >= 4 is 12.3 Å². The van der Waals surface area contributed by atoms with Gasteiger partial charge in [0.25, 0.3) is 0 Å². The predicted octanol–water partition coefficient (Wildman–Crippen LogP) is -0.752. The molecule has 1 saturated heterocycles. The van der Waals surface area contributed by atoms with Crippen LogP contribution >= 0.6 is 0 Å². The third-order valence-electron chi connectivity index (χ3n) is 1.68. The molecule has 10 heavy (non-hydrogen) atoms. The van der Waals surface area contributed by atoms with Gasteiger partial charge < -0.3 is 15.2 Å². The lowest BCUT2D eigenvalue weighted by Gasteiger charge is -1.97. The van der Waals surface area contributed by atoms with Crippen molar-refractivity contribution in [1.29, 1.82) is 0 Å². The van der Waals surface area contributed by atoms with Crippen LogP contribution in [0.1, 0.15) is 6.42 Å². The van der Waals surface area contributed by atoms with Crippen LogP contribution in [0.4, 0.5) is 0 Å². The topological polar surface area (TPSA) is 66.4 Å². The van der Waals surface area contributed by atoms with E-state index in [1.807, 2.05) is 0 Å². The van der Waals surface area contributed by atoms with Crippen LogP contribution in [-0.2, 0) is 9.59 Å². The summed E-state index contributed by atoms with van der Waals surface area (Å²) < 4.78 is 0. The standard InChI is InChI=1S/C6H9NO3/c8-3-5-1-4(2-7-5)6(9)10/h3-5,7H,1-2H2,(H,9,10)/t4?,5-/m1/s1. The first kappa shape index (κ1) is 7.21. The number of carboxylic acid groups (broad SMARTS) is 1. The van der Waals surface area contributed by atoms with E-state index in [1.165, 1.54) is 0 Å². The maximum Gasteiger partial charge on any atom is 0.307 e. The van der Waals surface area contributed by atoms with Crippen molar-refractivity contribution in [1.82, 2.24) is 5.32 Å². The summed E-state index contributed by atoms with van der Waals surface area (Å²) in [5.41, 5.74) is 0. The summed E-state index contributed by atoms with van der Waals surface area (Å²) in [6.07, 6.45) is 1.18. The van der Waals surface area contributed by atoms with Crippen molar-refractivity contribution in [3.63, 3.8) is 0 Å². The van der Waals surface area contributed by atoms with Crippen molar-refractivity contribution in [2.75, 3.05) is 6.54 Å². The van der Waals surface area contributed by atoms with Gasteiger partial charge in [-0.3, -0.25) is 4.79 Å². The number of hydrogen-bond acceptors (Lipinski definition) is 3. The normalized spacial score (nSPS) is 32.0. The highest BCUT2D eigenvalue weighted by atomic mass is 16.4. The molecular formula is C6H9NO3. The number of aldehydes is 1. The molecule has 1 fully saturated rings. The van der Waals surface area contributed by atoms with Crippen molar-refractivity contribution in [3.8, 4) is 0 Å². The van der Waals surface area contributed by atoms with Crippen LogP contribution in [0.3, 0.4) is 0 Å². The largest absolute Gasteiger partial charge is 0.481 e. The first-order valence-corrected chi connectivity index (χ1v) is 3.15. The number of carbonyl (C=O) groups is 2. The van der Waals surface area contributed by atoms with Gasteiger partial charge in [-0.25, -0.2) is 0 Å². The van der Waals surface area contributed by atoms with Crippen LogP contribution in [0, 0.1) is 5.92 Å². The molecule has 0 aliphatic carbocycles. The first-order valence-electron chi connectivity index (χ1n) is 3.15. The Morgan fingerprint density at radius 1 is 1.70 bits per heavy atom. The molecule has 2 atom stereocenters. The highest BCUT2D eigenvalue weighted by Crippen LogP contribution is 2.11. The van der Waals surface area contributed by atoms with E-state index < -0.39 is 5.97 Å². The van der Waals surface area contributed by atoms with E-state index >= 15 is 0 Å². The molecule has 1 aliphatic rings. The lowest BCUT2D eigenvalue weighted by Crippen LogP contribution is -2.22. The van der Waals surface area contributed by atoms with E-state index in [1.54, 1.807) is 0 Å². The summed E-state index contributed by atoms with van der Waals surface area (Å²) in [6.45, 7) is 0.415. The van der Waals surface area contributed by atoms with Gasteiger partial charge in [0, 0.05) is 6.54 Å². The van der Waals surface area contributed by atoms with Gasteiger partial charge in [-0.2, -0.15) is 0 Å². The van der Waals surface area contributed by atoms with Crippen molar-refractivity contribution in [2.24, 2.45) is 5.92 Å². The second-order valence-electron chi connectivity index (χ2n) is 2.42. The smallest absolute Gasteiger partial charge is 0.307 e. The molecule has 0 radical (unpaired) electrons. The lowest BCUT2D eigenvalue weighted by molar-refractivity contribution is -0.141. The Kier molecular flexibility index (Phi) is 2.01. The van der Waals surface area contributed by atoms with Crippen molar-refractivity contribution in [2.45, 2.75) is 12.5 Å². The van der Waals surface area contributed by atoms with E-state index in [2.05, 4.69) is 5.32 Å². The van der Waals surface area contributed by atoms with Gasteiger partial charge in [0.1, 0.15) is 6.29 Å². The van der Waals surface area contributed by atoms with Crippen molar-refractivity contribution < 1.29 is 14.7 Å². The number of aliphatic carboxylic acids is 1. The Morgan fingerprint density at radius 2 is 2.40 bits per heavy atom. The Bertz CT molecular complexity index is 157. The molecule has 1 rings (SSSR count). The third kappa shape index (κ3) is 1.33. The van der Waals surface area contributed by atoms with Gasteiger partial charge in [0.05, 0.1) is 12.0 Å². The number of carboxylic acids is 1. The van der Waals surface area contributed by atoms with Crippen LogP contribution in [-0.4, -0.2) is 29.9 Å². The third-order valence-corrected chi connectivity index (χ3v) is 1.68. The summed E-state index contributed by atoms with van der Waals surface area (Å²) in [7, 11) is 0. The molecule has 56 valence electrons. The van der Waals surface area contributed by atoms with Gasteiger partial charge in [0.15, 0.2) is 0 Å². The molecule has 2 N–H and O–H groups in total. The van der Waals surface area contributed by atoms with Crippen LogP contribution in [0.2, 0.25) is 0 Å². The van der Waals surface area contributed by atoms with Gasteiger partial charge in [-0.15, -0.1) is 0 Å². The lowest BCUT2D eigenvalue weighted by atomic mass is 10.1. The zero-order chi connectivity index (χ0) is 7.56. The Labute approximate surface area is 58.2 Å². The molecule has 0 aromatic rings. The molecule has 1 heterocycles. The second-order valence-corrected chi connectivity index (χ2v) is 2.42. The van der Waals surface area contributed by atoms with E-state index in [0.29, 0.717) is 13.0 Å². The molecule has 1 unspecified atom stereocenters. The minimum atomic E-state index is -0.822. The SMILES string of the molecule is O=C[C@H]1CC(C(=O)O)CN1. The fourth-order valence-electron chi connectivity index (χ4n) is 1.06. The van der Waals surface area contributed by atoms with E-state index in [9.17, 15) is 9.59 Å². The summed E-state index contributed by atoms with van der Waals surface area (Å²) in [5.74, 6) is -1.20. The average Bonchev–Trinajstić information content (AvgIpc) is 2.34. The Balaban J connectivity index is 2.42. The highest BCUT2D eigenvalue weighted by Gasteiger charge is 2.28. The molecular weight excluding hydrogens is 134 g/mol. The number of carbonyl (C=O) groups excluding carboxylic acids is 1. The van der Waals surface area contributed by atoms with E-state index in [0.717, 1.165) is 6.29 Å². The summed E-state index contributed by atoms with van der Waals surface area (Å²) in [5, 5.41) is 11.3. The quantitative estimate of drug-likeness (QED) is 0.499. The molecule has 0 aromatic carbocycles. The van der Waals surface area contributed by atoms with Crippen LogP contribution in [0.15, 0.2) is 0 Å². The van der Waals surface area contributed by atoms with E-state index in [-0.39, 0.29) is 12.0 Å². The predicted molar refractivity (Wildman–Crippen MR) is 33.6 cm³/mol. The summed E-state index contributed by atoms with van der Waals surface area (Å²) in [4.78, 5) is 20.4. The number of hydrogen-bond donors (Lipinski definition) is 2. The molecule has 0 saturated carbocycles. The highest BCUT2D eigenvalue weighted by molar-refractivity contribution is 5.72. The van der Waals surface area contributed by atoms with E-state index in [4.69, 9.17) is 5.11 Å². The first-order chi connectivity index (χ1) is 4.74. The molecule has 1 aliphatic heterocycles. The van der Waals surface area contributed by atoms with Gasteiger partial charge in [-0.05, 0) is 6.42 Å². The average molecular weight is 143 g/mol. The molecule has 0 spiro atoms. The zero-order valence-electron chi connectivity index (χ0n) is 5.41. The van der Waals surface area contributed by atoms with Gasteiger partial charge in [0.2, 0.25) is 0 Å². The van der Waals surface area contributed by atoms with Crippen LogP contribution < -0.4 is 5.32 Å². The molecule has 4 heteroatoms. The minimum absolute atomic E-state index is 0.249. The van der Waals surface area contributed by atoms with Gasteiger partial charge in [-0.1, -0.05) is 0 Å². The van der Waals surface area contributed by atoms with Crippen molar-refractivity contribution in [3.05, 3.63) is 0 Å². The van der Waals surface area contributed by atoms with Crippen LogP contribution in [0.5, 0.6) is 0 Å². The number of nitrogens with one attached hydrogen (secondary N) is 1. The fraction of sp³-hybridized carbons (Fsp3) is 0.667. The Hall–Kier alpha value is -0.900. The maximum absolute atomic E-state index is 10.3. The maximum atomic E-state index is 10.3. The molecule has 0 bridgehead atoms. The minimum Gasteiger partial charge on any atom is -0.481 e. The summed E-state index contributed by atoms with van der Waals surface area (Å²) >= 11 is 0. The zero-order valence-corrected chi connectivity index (χ0v) is 5.41. The summed E-state index contributed by atoms with van der Waals surface area (Å²) in [6, 6.07) is -0.249. The molecule has 0 aromatic heterocycles. The Morgan fingerprint density at radius 3 is 2.70 bits per heavy atom. The monoisotopic (exact) mass is 143 g/mol. The fourth-order valence-corrected chi connectivity index (χ4v) is 1.06. The number of rotatable bonds is 2. The molecule has 0 amide bonds.